The van der Waals surface area contributed by atoms with E-state index in [-0.39, 0.29) is 17.6 Å². The van der Waals surface area contributed by atoms with E-state index >= 15 is 0 Å². The number of hydrogen-bond acceptors (Lipinski definition) is 4. The average Bonchev–Trinajstić information content (AvgIpc) is 3.07. The summed E-state index contributed by atoms with van der Waals surface area (Å²) < 4.78 is 13.5. The lowest BCUT2D eigenvalue weighted by Crippen LogP contribution is -2.08. The summed E-state index contributed by atoms with van der Waals surface area (Å²) in [5.74, 6) is 0.629. The fourth-order valence-electron chi connectivity index (χ4n) is 2.92. The number of phenols is 1. The summed E-state index contributed by atoms with van der Waals surface area (Å²) in [5.41, 5.74) is 3.36. The van der Waals surface area contributed by atoms with Crippen molar-refractivity contribution in [2.24, 2.45) is 0 Å². The van der Waals surface area contributed by atoms with Crippen LogP contribution in [0, 0.1) is 5.82 Å². The van der Waals surface area contributed by atoms with E-state index in [4.69, 9.17) is 0 Å². The van der Waals surface area contributed by atoms with Crippen molar-refractivity contribution in [2.45, 2.75) is 13.0 Å². The number of aromatic amines is 1. The third-order valence-corrected chi connectivity index (χ3v) is 4.31. The number of halogens is 1. The minimum atomic E-state index is -0.264. The molecule has 5 nitrogen and oxygen atoms in total. The molecule has 0 unspecified atom stereocenters. The van der Waals surface area contributed by atoms with Crippen LogP contribution in [0.5, 0.6) is 5.75 Å². The molecule has 4 aromatic rings. The maximum atomic E-state index is 13.5. The third-order valence-electron chi connectivity index (χ3n) is 4.31. The van der Waals surface area contributed by atoms with Gasteiger partial charge in [0.2, 0.25) is 0 Å². The van der Waals surface area contributed by atoms with Gasteiger partial charge in [-0.2, -0.15) is 0 Å². The molecule has 2 aromatic carbocycles. The van der Waals surface area contributed by atoms with Gasteiger partial charge in [0.05, 0.1) is 11.4 Å². The zero-order valence-electron chi connectivity index (χ0n) is 14.1. The number of phenolic OH excluding ortho intramolecular Hbond substituents is 1. The fourth-order valence-corrected chi connectivity index (χ4v) is 2.92. The highest BCUT2D eigenvalue weighted by Crippen LogP contribution is 2.29. The van der Waals surface area contributed by atoms with Crippen molar-refractivity contribution in [2.75, 3.05) is 5.32 Å². The zero-order chi connectivity index (χ0) is 18.1. The molecule has 0 bridgehead atoms. The highest BCUT2D eigenvalue weighted by atomic mass is 19.1. The van der Waals surface area contributed by atoms with Gasteiger partial charge >= 0.3 is 0 Å². The molecule has 26 heavy (non-hydrogen) atoms. The Morgan fingerprint density at radius 3 is 2.65 bits per heavy atom. The summed E-state index contributed by atoms with van der Waals surface area (Å²) >= 11 is 0. The molecule has 0 aliphatic rings. The maximum absolute atomic E-state index is 13.5. The molecule has 0 fully saturated rings. The predicted molar refractivity (Wildman–Crippen MR) is 99.4 cm³/mol. The molecule has 130 valence electrons. The van der Waals surface area contributed by atoms with Crippen LogP contribution in [0.15, 0.2) is 60.9 Å². The number of H-pyrrole nitrogens is 1. The lowest BCUT2D eigenvalue weighted by Gasteiger charge is -2.15. The van der Waals surface area contributed by atoms with Gasteiger partial charge < -0.3 is 15.4 Å². The number of benzene rings is 2. The van der Waals surface area contributed by atoms with Gasteiger partial charge in [-0.1, -0.05) is 12.1 Å². The van der Waals surface area contributed by atoms with Crippen LogP contribution in [-0.2, 0) is 0 Å². The van der Waals surface area contributed by atoms with Gasteiger partial charge in [-0.15, -0.1) is 0 Å². The average molecular weight is 348 g/mol. The van der Waals surface area contributed by atoms with Crippen molar-refractivity contribution in [1.29, 1.82) is 0 Å². The summed E-state index contributed by atoms with van der Waals surface area (Å²) in [4.78, 5) is 11.9. The van der Waals surface area contributed by atoms with Crippen LogP contribution in [0.3, 0.4) is 0 Å². The first-order valence-corrected chi connectivity index (χ1v) is 8.25. The Morgan fingerprint density at radius 1 is 1.08 bits per heavy atom. The van der Waals surface area contributed by atoms with Crippen molar-refractivity contribution in [3.63, 3.8) is 0 Å². The second kappa shape index (κ2) is 6.48. The van der Waals surface area contributed by atoms with Crippen LogP contribution in [0.2, 0.25) is 0 Å². The number of hydrogen-bond donors (Lipinski definition) is 3. The van der Waals surface area contributed by atoms with E-state index in [1.165, 1.54) is 18.5 Å². The van der Waals surface area contributed by atoms with Gasteiger partial charge in [0.1, 0.15) is 29.4 Å². The molecule has 4 rings (SSSR count). The van der Waals surface area contributed by atoms with E-state index in [1.54, 1.807) is 18.2 Å². The Bertz CT molecular complexity index is 1060. The number of anilines is 1. The van der Waals surface area contributed by atoms with E-state index in [9.17, 15) is 9.50 Å². The summed E-state index contributed by atoms with van der Waals surface area (Å²) in [7, 11) is 0. The lowest BCUT2D eigenvalue weighted by atomic mass is 10.1. The van der Waals surface area contributed by atoms with Gasteiger partial charge in [-0.05, 0) is 60.5 Å². The predicted octanol–water partition coefficient (Wildman–Crippen LogP) is 4.64. The molecule has 2 heterocycles. The lowest BCUT2D eigenvalue weighted by molar-refractivity contribution is 0.475. The molecule has 0 saturated carbocycles. The second-order valence-corrected chi connectivity index (χ2v) is 6.14. The zero-order valence-corrected chi connectivity index (χ0v) is 14.1. The SMILES string of the molecule is C[C@@H](Nc1ncnc2[nH]c(-c3ccc(O)cc3)cc12)c1cccc(F)c1. The molecular formula is C20H17FN4O. The molecule has 3 N–H and O–H groups in total. The van der Waals surface area contributed by atoms with E-state index in [2.05, 4.69) is 20.3 Å². The minimum absolute atomic E-state index is 0.115. The Hall–Kier alpha value is -3.41. The van der Waals surface area contributed by atoms with Crippen molar-refractivity contribution < 1.29 is 9.50 Å². The first kappa shape index (κ1) is 16.1. The standard InChI is InChI=1S/C20H17FN4O/c1-12(14-3-2-4-15(21)9-14)24-19-17-10-18(25-20(17)23-11-22-19)13-5-7-16(26)8-6-13/h2-12,26H,1H3,(H2,22,23,24,25)/t12-/m1/s1. The van der Waals surface area contributed by atoms with E-state index < -0.39 is 0 Å². The number of nitrogens with one attached hydrogen (secondary N) is 2. The first-order valence-electron chi connectivity index (χ1n) is 8.25. The molecule has 2 aromatic heterocycles. The monoisotopic (exact) mass is 348 g/mol. The smallest absolute Gasteiger partial charge is 0.143 e. The van der Waals surface area contributed by atoms with Crippen molar-refractivity contribution in [3.05, 3.63) is 72.3 Å². The van der Waals surface area contributed by atoms with E-state index in [1.807, 2.05) is 31.2 Å². The number of rotatable bonds is 4. The normalized spacial score (nSPS) is 12.2. The van der Waals surface area contributed by atoms with Gasteiger partial charge in [0, 0.05) is 5.69 Å². The molecule has 0 aliphatic carbocycles. The molecular weight excluding hydrogens is 331 g/mol. The van der Waals surface area contributed by atoms with Crippen LogP contribution in [-0.4, -0.2) is 20.1 Å². The Kier molecular flexibility index (Phi) is 4.01. The summed E-state index contributed by atoms with van der Waals surface area (Å²) in [6, 6.07) is 15.3. The Balaban J connectivity index is 1.68. The number of aromatic hydroxyl groups is 1. The van der Waals surface area contributed by atoms with E-state index in [0.29, 0.717) is 11.5 Å². The number of fused-ring (bicyclic) bond motifs is 1. The molecule has 0 radical (unpaired) electrons. The van der Waals surface area contributed by atoms with Gasteiger partial charge in [0.15, 0.2) is 0 Å². The summed E-state index contributed by atoms with van der Waals surface area (Å²) in [6.45, 7) is 1.95. The maximum Gasteiger partial charge on any atom is 0.143 e. The highest BCUT2D eigenvalue weighted by Gasteiger charge is 2.13. The molecule has 0 aliphatic heterocycles. The molecule has 0 saturated heterocycles. The largest absolute Gasteiger partial charge is 0.508 e. The fraction of sp³-hybridized carbons (Fsp3) is 0.100. The van der Waals surface area contributed by atoms with Crippen LogP contribution < -0.4 is 5.32 Å². The summed E-state index contributed by atoms with van der Waals surface area (Å²) in [5, 5.41) is 13.6. The van der Waals surface area contributed by atoms with Crippen LogP contribution in [0.25, 0.3) is 22.3 Å². The number of aromatic nitrogens is 3. The molecule has 0 spiro atoms. The third kappa shape index (κ3) is 3.09. The van der Waals surface area contributed by atoms with Crippen molar-refractivity contribution >= 4 is 16.9 Å². The van der Waals surface area contributed by atoms with Crippen molar-refractivity contribution in [1.82, 2.24) is 15.0 Å². The van der Waals surface area contributed by atoms with Crippen molar-refractivity contribution in [3.8, 4) is 17.0 Å². The quantitative estimate of drug-likeness (QED) is 0.502. The van der Waals surface area contributed by atoms with Gasteiger partial charge in [0.25, 0.3) is 0 Å². The second-order valence-electron chi connectivity index (χ2n) is 6.14. The molecule has 6 heteroatoms. The van der Waals surface area contributed by atoms with Gasteiger partial charge in [-0.3, -0.25) is 0 Å². The van der Waals surface area contributed by atoms with E-state index in [0.717, 1.165) is 22.2 Å². The minimum Gasteiger partial charge on any atom is -0.508 e. The van der Waals surface area contributed by atoms with Crippen LogP contribution in [0.4, 0.5) is 10.2 Å². The molecule has 0 amide bonds. The topological polar surface area (TPSA) is 73.8 Å². The highest BCUT2D eigenvalue weighted by molar-refractivity contribution is 5.91. The summed E-state index contributed by atoms with van der Waals surface area (Å²) in [6.07, 6.45) is 1.49. The van der Waals surface area contributed by atoms with Gasteiger partial charge in [-0.25, -0.2) is 14.4 Å². The van der Waals surface area contributed by atoms with Crippen LogP contribution >= 0.6 is 0 Å². The Morgan fingerprint density at radius 2 is 1.88 bits per heavy atom. The number of nitrogens with zero attached hydrogens (tertiary/aromatic N) is 2. The first-order chi connectivity index (χ1) is 12.6. The molecule has 1 atom stereocenters. The van der Waals surface area contributed by atoms with Crippen LogP contribution in [0.1, 0.15) is 18.5 Å². The Labute approximate surface area is 149 Å².